The molecule has 2 N–H and O–H groups in total. The third-order valence-corrected chi connectivity index (χ3v) is 3.57. The Kier molecular flexibility index (Phi) is 4.56. The number of anilines is 1. The summed E-state index contributed by atoms with van der Waals surface area (Å²) in [5.41, 5.74) is 3.18. The highest BCUT2D eigenvalue weighted by Crippen LogP contribution is 2.19. The van der Waals surface area contributed by atoms with E-state index in [0.717, 1.165) is 36.4 Å². The molecular formula is C15H23N3O. The molecule has 1 fully saturated rings. The first-order chi connectivity index (χ1) is 9.06. The van der Waals surface area contributed by atoms with Crippen LogP contribution in [0.15, 0.2) is 18.2 Å². The smallest absolute Gasteiger partial charge is 0.238 e. The van der Waals surface area contributed by atoms with Gasteiger partial charge in [-0.2, -0.15) is 0 Å². The Morgan fingerprint density at radius 1 is 1.42 bits per heavy atom. The number of hydrogen-bond donors (Lipinski definition) is 2. The molecule has 1 aromatic carbocycles. The molecule has 1 heterocycles. The summed E-state index contributed by atoms with van der Waals surface area (Å²) in [6.45, 7) is 9.49. The van der Waals surface area contributed by atoms with Crippen LogP contribution in [0.25, 0.3) is 0 Å². The van der Waals surface area contributed by atoms with E-state index in [-0.39, 0.29) is 5.91 Å². The van der Waals surface area contributed by atoms with Crippen molar-refractivity contribution in [3.8, 4) is 0 Å². The van der Waals surface area contributed by atoms with Crippen LogP contribution in [0.4, 0.5) is 5.69 Å². The van der Waals surface area contributed by atoms with E-state index >= 15 is 0 Å². The monoisotopic (exact) mass is 261 g/mol. The highest BCUT2D eigenvalue weighted by atomic mass is 16.2. The summed E-state index contributed by atoms with van der Waals surface area (Å²) < 4.78 is 0. The number of piperazine rings is 1. The second kappa shape index (κ2) is 6.17. The molecule has 0 unspecified atom stereocenters. The average molecular weight is 261 g/mol. The Balaban J connectivity index is 1.94. The van der Waals surface area contributed by atoms with E-state index in [1.165, 1.54) is 0 Å². The molecule has 0 saturated carbocycles. The minimum atomic E-state index is 0.0755. The minimum Gasteiger partial charge on any atom is -0.324 e. The number of nitrogens with one attached hydrogen (secondary N) is 2. The van der Waals surface area contributed by atoms with E-state index in [0.29, 0.717) is 12.6 Å². The summed E-state index contributed by atoms with van der Waals surface area (Å²) in [5.74, 6) is 0.0755. The van der Waals surface area contributed by atoms with Crippen LogP contribution in [0.2, 0.25) is 0 Å². The molecule has 19 heavy (non-hydrogen) atoms. The summed E-state index contributed by atoms with van der Waals surface area (Å²) in [6.07, 6.45) is 0. The van der Waals surface area contributed by atoms with Gasteiger partial charge in [0.05, 0.1) is 6.54 Å². The van der Waals surface area contributed by atoms with Crippen molar-refractivity contribution in [2.75, 3.05) is 31.5 Å². The van der Waals surface area contributed by atoms with Gasteiger partial charge in [-0.05, 0) is 31.9 Å². The lowest BCUT2D eigenvalue weighted by molar-refractivity contribution is -0.117. The summed E-state index contributed by atoms with van der Waals surface area (Å²) in [6, 6.07) is 6.52. The number of aryl methyl sites for hydroxylation is 2. The van der Waals surface area contributed by atoms with Gasteiger partial charge in [0.15, 0.2) is 0 Å². The van der Waals surface area contributed by atoms with Crippen LogP contribution < -0.4 is 10.6 Å². The van der Waals surface area contributed by atoms with Crippen LogP contribution >= 0.6 is 0 Å². The van der Waals surface area contributed by atoms with Gasteiger partial charge in [-0.1, -0.05) is 18.2 Å². The topological polar surface area (TPSA) is 44.4 Å². The lowest BCUT2D eigenvalue weighted by Crippen LogP contribution is -2.51. The van der Waals surface area contributed by atoms with E-state index < -0.39 is 0 Å². The van der Waals surface area contributed by atoms with Gasteiger partial charge in [-0.3, -0.25) is 9.69 Å². The van der Waals surface area contributed by atoms with Crippen LogP contribution in [0.5, 0.6) is 0 Å². The molecule has 0 aromatic heterocycles. The van der Waals surface area contributed by atoms with Crippen LogP contribution in [-0.4, -0.2) is 43.0 Å². The molecule has 1 aliphatic rings. The highest BCUT2D eigenvalue weighted by molar-refractivity contribution is 5.93. The molecule has 0 spiro atoms. The summed E-state index contributed by atoms with van der Waals surface area (Å²) in [5, 5.41) is 6.42. The molecule has 0 bridgehead atoms. The Morgan fingerprint density at radius 3 is 2.74 bits per heavy atom. The van der Waals surface area contributed by atoms with E-state index in [9.17, 15) is 4.79 Å². The van der Waals surface area contributed by atoms with Gasteiger partial charge in [-0.25, -0.2) is 0 Å². The van der Waals surface area contributed by atoms with Crippen molar-refractivity contribution < 1.29 is 4.79 Å². The van der Waals surface area contributed by atoms with Crippen molar-refractivity contribution in [1.29, 1.82) is 0 Å². The van der Waals surface area contributed by atoms with Gasteiger partial charge < -0.3 is 10.6 Å². The molecule has 1 saturated heterocycles. The van der Waals surface area contributed by atoms with Crippen molar-refractivity contribution in [3.63, 3.8) is 0 Å². The summed E-state index contributed by atoms with van der Waals surface area (Å²) in [7, 11) is 0. The quantitative estimate of drug-likeness (QED) is 0.867. The van der Waals surface area contributed by atoms with Crippen LogP contribution in [0, 0.1) is 13.8 Å². The third-order valence-electron chi connectivity index (χ3n) is 3.57. The predicted molar refractivity (Wildman–Crippen MR) is 78.5 cm³/mol. The molecule has 2 rings (SSSR count). The molecule has 0 aliphatic carbocycles. The van der Waals surface area contributed by atoms with E-state index in [4.69, 9.17) is 0 Å². The SMILES string of the molecule is Cc1cccc(C)c1NC(=O)CN1CCN[C@H](C)C1. The fraction of sp³-hybridized carbons (Fsp3) is 0.533. The highest BCUT2D eigenvalue weighted by Gasteiger charge is 2.18. The molecule has 1 atom stereocenters. The standard InChI is InChI=1S/C15H23N3O/c1-11-5-4-6-12(2)15(11)17-14(19)10-18-8-7-16-13(3)9-18/h4-6,13,16H,7-10H2,1-3H3,(H,17,19)/t13-/m1/s1. The fourth-order valence-electron chi connectivity index (χ4n) is 2.55. The summed E-state index contributed by atoms with van der Waals surface area (Å²) >= 11 is 0. The number of nitrogens with zero attached hydrogens (tertiary/aromatic N) is 1. The molecule has 4 heteroatoms. The Morgan fingerprint density at radius 2 is 2.11 bits per heavy atom. The van der Waals surface area contributed by atoms with Crippen molar-refractivity contribution in [3.05, 3.63) is 29.3 Å². The number of carbonyl (C=O) groups excluding carboxylic acids is 1. The average Bonchev–Trinajstić information content (AvgIpc) is 2.34. The van der Waals surface area contributed by atoms with Crippen LogP contribution in [-0.2, 0) is 4.79 Å². The van der Waals surface area contributed by atoms with Gasteiger partial charge >= 0.3 is 0 Å². The van der Waals surface area contributed by atoms with Crippen molar-refractivity contribution in [1.82, 2.24) is 10.2 Å². The Hall–Kier alpha value is -1.39. The van der Waals surface area contributed by atoms with Gasteiger partial charge in [0, 0.05) is 31.4 Å². The molecule has 1 aliphatic heterocycles. The summed E-state index contributed by atoms with van der Waals surface area (Å²) in [4.78, 5) is 14.3. The van der Waals surface area contributed by atoms with Gasteiger partial charge in [0.1, 0.15) is 0 Å². The number of para-hydroxylation sites is 1. The van der Waals surface area contributed by atoms with Crippen LogP contribution in [0.3, 0.4) is 0 Å². The third kappa shape index (κ3) is 3.78. The first-order valence-electron chi connectivity index (χ1n) is 6.88. The molecule has 0 radical (unpaired) electrons. The number of carbonyl (C=O) groups is 1. The maximum absolute atomic E-state index is 12.1. The largest absolute Gasteiger partial charge is 0.324 e. The number of hydrogen-bond acceptors (Lipinski definition) is 3. The number of rotatable bonds is 3. The molecule has 1 aromatic rings. The fourth-order valence-corrected chi connectivity index (χ4v) is 2.55. The van der Waals surface area contributed by atoms with Gasteiger partial charge in [0.25, 0.3) is 0 Å². The second-order valence-electron chi connectivity index (χ2n) is 5.41. The normalized spacial score (nSPS) is 20.3. The van der Waals surface area contributed by atoms with Crippen molar-refractivity contribution in [2.45, 2.75) is 26.8 Å². The van der Waals surface area contributed by atoms with E-state index in [2.05, 4.69) is 22.5 Å². The Labute approximate surface area is 115 Å². The van der Waals surface area contributed by atoms with Crippen LogP contribution in [0.1, 0.15) is 18.1 Å². The molecule has 104 valence electrons. The van der Waals surface area contributed by atoms with E-state index in [1.807, 2.05) is 32.0 Å². The van der Waals surface area contributed by atoms with Crippen molar-refractivity contribution >= 4 is 11.6 Å². The lowest BCUT2D eigenvalue weighted by atomic mass is 10.1. The zero-order valence-corrected chi connectivity index (χ0v) is 12.0. The lowest BCUT2D eigenvalue weighted by Gasteiger charge is -2.31. The van der Waals surface area contributed by atoms with Gasteiger partial charge in [-0.15, -0.1) is 0 Å². The van der Waals surface area contributed by atoms with E-state index in [1.54, 1.807) is 0 Å². The predicted octanol–water partition coefficient (Wildman–Crippen LogP) is 1.54. The molecular weight excluding hydrogens is 238 g/mol. The van der Waals surface area contributed by atoms with Crippen molar-refractivity contribution in [2.24, 2.45) is 0 Å². The maximum Gasteiger partial charge on any atom is 0.238 e. The van der Waals surface area contributed by atoms with Gasteiger partial charge in [0.2, 0.25) is 5.91 Å². The number of benzene rings is 1. The Bertz CT molecular complexity index is 438. The second-order valence-corrected chi connectivity index (χ2v) is 5.41. The maximum atomic E-state index is 12.1. The molecule has 1 amide bonds. The minimum absolute atomic E-state index is 0.0755. The molecule has 4 nitrogen and oxygen atoms in total. The zero-order valence-electron chi connectivity index (χ0n) is 12.0. The zero-order chi connectivity index (χ0) is 13.8. The first kappa shape index (κ1) is 14.0. The first-order valence-corrected chi connectivity index (χ1v) is 6.88. The number of amides is 1.